The lowest BCUT2D eigenvalue weighted by atomic mass is 10.1. The van der Waals surface area contributed by atoms with Crippen molar-refractivity contribution in [3.05, 3.63) is 34.6 Å². The number of hydrogen-bond donors (Lipinski definition) is 1. The average Bonchev–Trinajstić information content (AvgIpc) is 2.13. The molecule has 1 aromatic rings. The van der Waals surface area contributed by atoms with E-state index in [0.29, 0.717) is 18.4 Å². The smallest absolute Gasteiger partial charge is 0.145 e. The molecule has 72 valence electrons. The molecular formula is C10H12ClFO. The average molecular weight is 203 g/mol. The topological polar surface area (TPSA) is 20.2 Å². The first-order chi connectivity index (χ1) is 6.15. The molecule has 0 aromatic heterocycles. The van der Waals surface area contributed by atoms with Crippen molar-refractivity contribution < 1.29 is 9.50 Å². The number of rotatable bonds is 3. The summed E-state index contributed by atoms with van der Waals surface area (Å²) in [5.74, 6) is -0.420. The molecule has 0 aliphatic heterocycles. The van der Waals surface area contributed by atoms with Gasteiger partial charge < -0.3 is 5.11 Å². The Morgan fingerprint density at radius 1 is 1.54 bits per heavy atom. The second kappa shape index (κ2) is 4.58. The first-order valence-corrected chi connectivity index (χ1v) is 4.64. The molecule has 0 radical (unpaired) electrons. The molecule has 1 nitrogen and oxygen atoms in total. The molecule has 0 saturated carbocycles. The molecule has 0 aliphatic rings. The van der Waals surface area contributed by atoms with Gasteiger partial charge in [0.15, 0.2) is 0 Å². The molecular weight excluding hydrogens is 191 g/mol. The molecule has 0 amide bonds. The van der Waals surface area contributed by atoms with Crippen molar-refractivity contribution in [3.8, 4) is 0 Å². The number of hydrogen-bond acceptors (Lipinski definition) is 1. The van der Waals surface area contributed by atoms with Gasteiger partial charge >= 0.3 is 0 Å². The first-order valence-electron chi connectivity index (χ1n) is 4.26. The SMILES string of the molecule is CCC(O)Cc1cccc(Cl)c1F. The second-order valence-electron chi connectivity index (χ2n) is 2.98. The van der Waals surface area contributed by atoms with Crippen molar-refractivity contribution in [2.45, 2.75) is 25.9 Å². The van der Waals surface area contributed by atoms with Gasteiger partial charge in [0, 0.05) is 6.42 Å². The highest BCUT2D eigenvalue weighted by atomic mass is 35.5. The standard InChI is InChI=1S/C10H12ClFO/c1-2-8(13)6-7-4-3-5-9(11)10(7)12/h3-5,8,13H,2,6H2,1H3. The van der Waals surface area contributed by atoms with Gasteiger partial charge in [0.05, 0.1) is 11.1 Å². The Bertz CT molecular complexity index is 288. The van der Waals surface area contributed by atoms with Crippen LogP contribution in [0.1, 0.15) is 18.9 Å². The van der Waals surface area contributed by atoms with E-state index in [1.165, 1.54) is 6.07 Å². The molecule has 3 heteroatoms. The maximum Gasteiger partial charge on any atom is 0.145 e. The number of benzene rings is 1. The minimum atomic E-state index is -0.493. The van der Waals surface area contributed by atoms with Crippen LogP contribution in [0.3, 0.4) is 0 Å². The molecule has 1 atom stereocenters. The van der Waals surface area contributed by atoms with E-state index >= 15 is 0 Å². The van der Waals surface area contributed by atoms with Crippen molar-refractivity contribution in [2.75, 3.05) is 0 Å². The van der Waals surface area contributed by atoms with E-state index in [-0.39, 0.29) is 5.02 Å². The van der Waals surface area contributed by atoms with Gasteiger partial charge in [0.25, 0.3) is 0 Å². The summed E-state index contributed by atoms with van der Waals surface area (Å²) in [5, 5.41) is 9.43. The quantitative estimate of drug-likeness (QED) is 0.799. The lowest BCUT2D eigenvalue weighted by Crippen LogP contribution is -2.09. The van der Waals surface area contributed by atoms with Crippen LogP contribution in [0.2, 0.25) is 5.02 Å². The summed E-state index contributed by atoms with van der Waals surface area (Å²) < 4.78 is 13.3. The highest BCUT2D eigenvalue weighted by molar-refractivity contribution is 6.30. The highest BCUT2D eigenvalue weighted by Crippen LogP contribution is 2.19. The molecule has 1 aromatic carbocycles. The summed E-state index contributed by atoms with van der Waals surface area (Å²) >= 11 is 5.58. The van der Waals surface area contributed by atoms with Crippen LogP contribution in [0.4, 0.5) is 4.39 Å². The van der Waals surface area contributed by atoms with E-state index in [0.717, 1.165) is 0 Å². The van der Waals surface area contributed by atoms with E-state index in [2.05, 4.69) is 0 Å². The summed E-state index contributed by atoms with van der Waals surface area (Å²) in [5.41, 5.74) is 0.474. The normalized spacial score (nSPS) is 12.9. The molecule has 0 heterocycles. The zero-order chi connectivity index (χ0) is 9.84. The van der Waals surface area contributed by atoms with Crippen molar-refractivity contribution in [1.82, 2.24) is 0 Å². The lowest BCUT2D eigenvalue weighted by molar-refractivity contribution is 0.169. The zero-order valence-corrected chi connectivity index (χ0v) is 8.18. The van der Waals surface area contributed by atoms with Crippen LogP contribution < -0.4 is 0 Å². The van der Waals surface area contributed by atoms with E-state index in [9.17, 15) is 9.50 Å². The van der Waals surface area contributed by atoms with Gasteiger partial charge in [0.1, 0.15) is 5.82 Å². The van der Waals surface area contributed by atoms with Crippen LogP contribution in [0.15, 0.2) is 18.2 Å². The zero-order valence-electron chi connectivity index (χ0n) is 7.43. The molecule has 1 unspecified atom stereocenters. The summed E-state index contributed by atoms with van der Waals surface area (Å²) in [6, 6.07) is 4.82. The molecule has 0 aliphatic carbocycles. The third-order valence-electron chi connectivity index (χ3n) is 1.96. The van der Waals surface area contributed by atoms with Crippen LogP contribution in [0.25, 0.3) is 0 Å². The molecule has 0 bridgehead atoms. The fourth-order valence-electron chi connectivity index (χ4n) is 1.10. The molecule has 0 fully saturated rings. The van der Waals surface area contributed by atoms with Gasteiger partial charge in [0.2, 0.25) is 0 Å². The summed E-state index contributed by atoms with van der Waals surface area (Å²) in [7, 11) is 0. The minimum Gasteiger partial charge on any atom is -0.393 e. The molecule has 13 heavy (non-hydrogen) atoms. The van der Waals surface area contributed by atoms with Gasteiger partial charge in [-0.25, -0.2) is 4.39 Å². The number of halogens is 2. The van der Waals surface area contributed by atoms with E-state index < -0.39 is 11.9 Å². The van der Waals surface area contributed by atoms with Crippen LogP contribution in [0, 0.1) is 5.82 Å². The first kappa shape index (κ1) is 10.5. The van der Waals surface area contributed by atoms with Crippen LogP contribution in [-0.4, -0.2) is 11.2 Å². The minimum absolute atomic E-state index is 0.112. The Morgan fingerprint density at radius 3 is 2.85 bits per heavy atom. The van der Waals surface area contributed by atoms with E-state index in [1.54, 1.807) is 12.1 Å². The maximum absolute atomic E-state index is 13.3. The van der Waals surface area contributed by atoms with Gasteiger partial charge in [-0.3, -0.25) is 0 Å². The van der Waals surface area contributed by atoms with Crippen molar-refractivity contribution in [1.29, 1.82) is 0 Å². The Hall–Kier alpha value is -0.600. The second-order valence-corrected chi connectivity index (χ2v) is 3.39. The Morgan fingerprint density at radius 2 is 2.23 bits per heavy atom. The van der Waals surface area contributed by atoms with Crippen LogP contribution in [0.5, 0.6) is 0 Å². The fourth-order valence-corrected chi connectivity index (χ4v) is 1.30. The third kappa shape index (κ3) is 2.68. The van der Waals surface area contributed by atoms with Crippen LogP contribution in [-0.2, 0) is 6.42 Å². The van der Waals surface area contributed by atoms with Gasteiger partial charge in [-0.2, -0.15) is 0 Å². The third-order valence-corrected chi connectivity index (χ3v) is 2.25. The van der Waals surface area contributed by atoms with Crippen molar-refractivity contribution in [2.24, 2.45) is 0 Å². The molecule has 1 N–H and O–H groups in total. The Labute approximate surface area is 82.2 Å². The molecule has 1 rings (SSSR count). The summed E-state index contributed by atoms with van der Waals surface area (Å²) in [6.45, 7) is 1.85. The van der Waals surface area contributed by atoms with E-state index in [4.69, 9.17) is 11.6 Å². The molecule has 0 saturated heterocycles. The lowest BCUT2D eigenvalue weighted by Gasteiger charge is -2.08. The number of aliphatic hydroxyl groups excluding tert-OH is 1. The Balaban J connectivity index is 2.83. The highest BCUT2D eigenvalue weighted by Gasteiger charge is 2.09. The van der Waals surface area contributed by atoms with Gasteiger partial charge in [-0.05, 0) is 18.1 Å². The van der Waals surface area contributed by atoms with Gasteiger partial charge in [-0.15, -0.1) is 0 Å². The van der Waals surface area contributed by atoms with Crippen molar-refractivity contribution in [3.63, 3.8) is 0 Å². The van der Waals surface area contributed by atoms with Crippen molar-refractivity contribution >= 4 is 11.6 Å². The summed E-state index contributed by atoms with van der Waals surface area (Å²) in [4.78, 5) is 0. The predicted molar refractivity (Wildman–Crippen MR) is 51.4 cm³/mol. The molecule has 0 spiro atoms. The number of aliphatic hydroxyl groups is 1. The monoisotopic (exact) mass is 202 g/mol. The predicted octanol–water partition coefficient (Wildman–Crippen LogP) is 2.79. The van der Waals surface area contributed by atoms with E-state index in [1.807, 2.05) is 6.92 Å². The largest absolute Gasteiger partial charge is 0.393 e. The van der Waals surface area contributed by atoms with Crippen LogP contribution >= 0.6 is 11.6 Å². The van der Waals surface area contributed by atoms with Gasteiger partial charge in [-0.1, -0.05) is 30.7 Å². The fraction of sp³-hybridized carbons (Fsp3) is 0.400. The summed E-state index contributed by atoms with van der Waals surface area (Å²) in [6.07, 6.45) is 0.447. The maximum atomic E-state index is 13.3. The Kier molecular flexibility index (Phi) is 3.70.